The van der Waals surface area contributed by atoms with E-state index in [1.807, 2.05) is 6.08 Å². The second-order valence-electron chi connectivity index (χ2n) is 28.5. The minimum absolute atomic E-state index is 0.218. The monoisotopic (exact) mass is 1480 g/mol. The van der Waals surface area contributed by atoms with Crippen molar-refractivity contribution in [2.45, 2.75) is 375 Å². The quantitative estimate of drug-likeness (QED) is 0.0199. The lowest BCUT2D eigenvalue weighted by Gasteiger charge is -2.48. The number of ether oxygens (including phenoxy) is 6. The van der Waals surface area contributed by atoms with Crippen molar-refractivity contribution < 1.29 is 89.4 Å². The topological polar surface area (TPSA) is 307 Å². The van der Waals surface area contributed by atoms with Gasteiger partial charge >= 0.3 is 0 Å². The Morgan fingerprint density at radius 2 is 0.657 bits per heavy atom. The Kier molecular flexibility index (Phi) is 58.6. The van der Waals surface area contributed by atoms with Crippen molar-refractivity contribution in [3.05, 3.63) is 134 Å². The molecule has 19 nitrogen and oxygen atoms in total. The molecule has 12 N–H and O–H groups in total. The molecule has 0 aliphatic carbocycles. The van der Waals surface area contributed by atoms with Crippen LogP contribution >= 0.6 is 0 Å². The molecule has 1 amide bonds. The molecule has 0 radical (unpaired) electrons. The lowest BCUT2D eigenvalue weighted by atomic mass is 9.96. The first kappa shape index (κ1) is 95.1. The third-order valence-corrected chi connectivity index (χ3v) is 19.5. The molecule has 0 saturated carbocycles. The van der Waals surface area contributed by atoms with Crippen LogP contribution in [0.3, 0.4) is 0 Å². The molecule has 0 aromatic heterocycles. The van der Waals surface area contributed by atoms with E-state index in [1.54, 1.807) is 6.08 Å². The highest BCUT2D eigenvalue weighted by Gasteiger charge is 2.54. The largest absolute Gasteiger partial charge is 0.394 e. The smallest absolute Gasteiger partial charge is 0.220 e. The van der Waals surface area contributed by atoms with Crippen LogP contribution < -0.4 is 5.32 Å². The first-order valence-electron chi connectivity index (χ1n) is 40.9. The van der Waals surface area contributed by atoms with E-state index in [9.17, 15) is 61.0 Å². The van der Waals surface area contributed by atoms with Crippen molar-refractivity contribution in [2.24, 2.45) is 0 Å². The standard InChI is InChI=1S/C86H145NO18/c1-3-5-7-9-11-13-15-17-19-21-23-25-27-28-29-30-31-32-33-34-35-36-37-38-39-40-42-44-46-48-50-52-54-56-58-60-62-64-74(92)87-69(70(91)63-61-59-57-55-53-51-49-47-45-43-41-26-24-22-20-18-16-14-12-10-8-6-4-2)68-100-84-80(98)77(95)82(72(66-89)102-84)105-86-81(99)78(96)83(73(67-90)103-86)104-85-79(97)76(94)75(93)71(65-88)101-85/h5,7,11,13,17,19,23,25,28-29,31-32,34-35,37-38,40,42,46,48,61,63,69-73,75-86,88-91,93-99H,3-4,6,8-10,12,14-16,18,20-22,24,26-27,30,33,36,39,41,43-45,47,49-60,62,64-68H2,1-2H3,(H,87,92)/b7-5-,13-11-,19-17-,25-23-,29-28-,32-31-,35-34-,38-37-,42-40-,48-46-,63-61+. The minimum Gasteiger partial charge on any atom is -0.394 e. The number of nitrogens with one attached hydrogen (secondary N) is 1. The van der Waals surface area contributed by atoms with Gasteiger partial charge in [0.25, 0.3) is 0 Å². The lowest BCUT2D eigenvalue weighted by molar-refractivity contribution is -0.379. The zero-order valence-electron chi connectivity index (χ0n) is 64.4. The number of amides is 1. The molecular formula is C86H145NO18. The summed E-state index contributed by atoms with van der Waals surface area (Å²) in [6.45, 7) is 1.62. The molecule has 17 atom stereocenters. The number of unbranched alkanes of at least 4 members (excludes halogenated alkanes) is 27. The molecule has 17 unspecified atom stereocenters. The van der Waals surface area contributed by atoms with E-state index in [2.05, 4.69) is 141 Å². The average Bonchev–Trinajstić information content (AvgIpc) is 0.779. The summed E-state index contributed by atoms with van der Waals surface area (Å²) in [6, 6.07) is -0.993. The first-order valence-corrected chi connectivity index (χ1v) is 40.9. The number of carbonyl (C=O) groups is 1. The molecule has 3 aliphatic rings. The van der Waals surface area contributed by atoms with Gasteiger partial charge in [-0.05, 0) is 96.3 Å². The van der Waals surface area contributed by atoms with Crippen molar-refractivity contribution in [1.29, 1.82) is 0 Å². The summed E-state index contributed by atoms with van der Waals surface area (Å²) in [7, 11) is 0. The fourth-order valence-corrected chi connectivity index (χ4v) is 12.9. The van der Waals surface area contributed by atoms with E-state index in [0.717, 1.165) is 128 Å². The van der Waals surface area contributed by atoms with Crippen molar-refractivity contribution >= 4 is 5.91 Å². The van der Waals surface area contributed by atoms with Crippen LogP contribution in [0.25, 0.3) is 0 Å². The van der Waals surface area contributed by atoms with Crippen LogP contribution in [-0.2, 0) is 33.2 Å². The summed E-state index contributed by atoms with van der Waals surface area (Å²) in [5, 5.41) is 121. The van der Waals surface area contributed by atoms with E-state index in [0.29, 0.717) is 6.42 Å². The summed E-state index contributed by atoms with van der Waals surface area (Å²) < 4.78 is 34.4. The predicted octanol–water partition coefficient (Wildman–Crippen LogP) is 14.1. The summed E-state index contributed by atoms with van der Waals surface area (Å²) in [4.78, 5) is 13.5. The molecule has 0 spiro atoms. The van der Waals surface area contributed by atoms with E-state index in [4.69, 9.17) is 28.4 Å². The van der Waals surface area contributed by atoms with Gasteiger partial charge in [-0.1, -0.05) is 302 Å². The molecule has 602 valence electrons. The highest BCUT2D eigenvalue weighted by Crippen LogP contribution is 2.33. The highest BCUT2D eigenvalue weighted by atomic mass is 16.8. The van der Waals surface area contributed by atoms with Gasteiger partial charge in [0.15, 0.2) is 18.9 Å². The van der Waals surface area contributed by atoms with Crippen LogP contribution in [-0.4, -0.2) is 193 Å². The zero-order chi connectivity index (χ0) is 76.0. The average molecular weight is 1480 g/mol. The van der Waals surface area contributed by atoms with Gasteiger partial charge in [0.2, 0.25) is 5.91 Å². The zero-order valence-corrected chi connectivity index (χ0v) is 64.4. The summed E-state index contributed by atoms with van der Waals surface area (Å²) in [5.74, 6) is -0.293. The molecule has 3 heterocycles. The molecule has 105 heavy (non-hydrogen) atoms. The SMILES string of the molecule is CC/C=C\C/C=C\C/C=C\C/C=C\C/C=C\C/C=C\C/C=C\C/C=C\C/C=C\C/C=C\CCCCCCCCC(=O)NC(COC1OC(CO)C(OC2OC(CO)C(OC3OC(CO)C(O)C(O)C3O)C(O)C2O)C(O)C1O)C(O)/C=C/CCCCCCCCCCCCCCCCCCCCCCC. The van der Waals surface area contributed by atoms with Crippen molar-refractivity contribution in [1.82, 2.24) is 5.32 Å². The van der Waals surface area contributed by atoms with Gasteiger partial charge in [-0.2, -0.15) is 0 Å². The van der Waals surface area contributed by atoms with Gasteiger partial charge in [0.05, 0.1) is 38.6 Å². The maximum atomic E-state index is 13.5. The Hall–Kier alpha value is -4.07. The van der Waals surface area contributed by atoms with Crippen LogP contribution in [0.5, 0.6) is 0 Å². The second kappa shape index (κ2) is 64.7. The van der Waals surface area contributed by atoms with Gasteiger partial charge < -0.3 is 89.9 Å². The Morgan fingerprint density at radius 3 is 1.03 bits per heavy atom. The number of hydrogen-bond donors (Lipinski definition) is 12. The minimum atomic E-state index is -1.99. The second-order valence-corrected chi connectivity index (χ2v) is 28.5. The molecule has 0 bridgehead atoms. The molecule has 19 heteroatoms. The van der Waals surface area contributed by atoms with Gasteiger partial charge in [0, 0.05) is 6.42 Å². The van der Waals surface area contributed by atoms with Gasteiger partial charge in [-0.15, -0.1) is 0 Å². The molecule has 0 aromatic carbocycles. The summed E-state index contributed by atoms with van der Waals surface area (Å²) in [6.07, 6.45) is 65.6. The predicted molar refractivity (Wildman–Crippen MR) is 419 cm³/mol. The van der Waals surface area contributed by atoms with E-state index in [-0.39, 0.29) is 18.9 Å². The third-order valence-electron chi connectivity index (χ3n) is 19.5. The molecule has 3 fully saturated rings. The van der Waals surface area contributed by atoms with Crippen molar-refractivity contribution in [2.75, 3.05) is 26.4 Å². The van der Waals surface area contributed by atoms with Crippen molar-refractivity contribution in [3.63, 3.8) is 0 Å². The molecular weight excluding hydrogens is 1330 g/mol. The van der Waals surface area contributed by atoms with Gasteiger partial charge in [-0.25, -0.2) is 0 Å². The normalized spacial score (nSPS) is 26.5. The van der Waals surface area contributed by atoms with Crippen LogP contribution in [0, 0.1) is 0 Å². The van der Waals surface area contributed by atoms with Gasteiger partial charge in [-0.3, -0.25) is 4.79 Å². The van der Waals surface area contributed by atoms with E-state index >= 15 is 0 Å². The fraction of sp³-hybridized carbons (Fsp3) is 0.733. The van der Waals surface area contributed by atoms with Crippen LogP contribution in [0.15, 0.2) is 134 Å². The molecule has 3 aliphatic heterocycles. The van der Waals surface area contributed by atoms with Crippen molar-refractivity contribution in [3.8, 4) is 0 Å². The molecule has 0 aromatic rings. The summed E-state index contributed by atoms with van der Waals surface area (Å²) in [5.41, 5.74) is 0. The lowest BCUT2D eigenvalue weighted by Crippen LogP contribution is -2.66. The Labute approximate surface area is 632 Å². The first-order chi connectivity index (χ1) is 51.3. The van der Waals surface area contributed by atoms with E-state index in [1.165, 1.54) is 116 Å². The number of aliphatic hydroxyl groups excluding tert-OH is 11. The van der Waals surface area contributed by atoms with Crippen LogP contribution in [0.2, 0.25) is 0 Å². The molecule has 3 rings (SSSR count). The summed E-state index contributed by atoms with van der Waals surface area (Å²) >= 11 is 0. The third kappa shape index (κ3) is 44.4. The Bertz CT molecular complexity index is 2420. The van der Waals surface area contributed by atoms with Crippen LogP contribution in [0.4, 0.5) is 0 Å². The Balaban J connectivity index is 1.38. The molecule has 3 saturated heterocycles. The number of aliphatic hydroxyl groups is 11. The van der Waals surface area contributed by atoms with Gasteiger partial charge in [0.1, 0.15) is 73.2 Å². The van der Waals surface area contributed by atoms with E-state index < -0.39 is 124 Å². The maximum absolute atomic E-state index is 13.5. The number of carbonyl (C=O) groups excluding carboxylic acids is 1. The maximum Gasteiger partial charge on any atom is 0.220 e. The number of hydrogen-bond acceptors (Lipinski definition) is 18. The van der Waals surface area contributed by atoms with Crippen LogP contribution in [0.1, 0.15) is 271 Å². The number of allylic oxidation sites excluding steroid dienone is 21. The Morgan fingerprint density at radius 1 is 0.352 bits per heavy atom. The fourth-order valence-electron chi connectivity index (χ4n) is 12.9. The highest BCUT2D eigenvalue weighted by molar-refractivity contribution is 5.76. The number of rotatable bonds is 63.